The fourth-order valence-corrected chi connectivity index (χ4v) is 2.89. The van der Waals surface area contributed by atoms with Gasteiger partial charge in [0.05, 0.1) is 0 Å². The average molecular weight is 408 g/mol. The zero-order valence-corrected chi connectivity index (χ0v) is 15.3. The Morgan fingerprint density at radius 1 is 0.500 bits per heavy atom. The normalized spacial score (nSPS) is 10.4. The molecule has 0 aliphatic carbocycles. The van der Waals surface area contributed by atoms with Gasteiger partial charge in [-0.25, -0.2) is 9.59 Å². The number of benzene rings is 4. The first-order valence-electron chi connectivity index (χ1n) is 8.54. The van der Waals surface area contributed by atoms with Crippen LogP contribution in [0, 0.1) is 0 Å². The second kappa shape index (κ2) is 7.88. The molecule has 0 fully saturated rings. The summed E-state index contributed by atoms with van der Waals surface area (Å²) in [6.07, 6.45) is 0. The molecule has 4 rings (SSSR count). The van der Waals surface area contributed by atoms with Gasteiger partial charge in [0.1, 0.15) is 34.1 Å². The Balaban J connectivity index is 0.000000171. The minimum atomic E-state index is -1.20. The highest BCUT2D eigenvalue weighted by atomic mass is 16.4. The zero-order valence-electron chi connectivity index (χ0n) is 15.3. The highest BCUT2D eigenvalue weighted by Crippen LogP contribution is 2.28. The topological polar surface area (TPSA) is 156 Å². The van der Waals surface area contributed by atoms with Crippen LogP contribution in [0.3, 0.4) is 0 Å². The Morgan fingerprint density at radius 2 is 0.867 bits per heavy atom. The lowest BCUT2D eigenvalue weighted by Gasteiger charge is -2.03. The van der Waals surface area contributed by atoms with Crippen molar-refractivity contribution in [2.75, 3.05) is 0 Å². The molecule has 8 nitrogen and oxygen atoms in total. The molecule has 0 aliphatic rings. The van der Waals surface area contributed by atoms with E-state index in [-0.39, 0.29) is 34.1 Å². The third-order valence-electron chi connectivity index (χ3n) is 4.34. The largest absolute Gasteiger partial charge is 0.508 e. The molecule has 8 heteroatoms. The van der Waals surface area contributed by atoms with Crippen molar-refractivity contribution in [2.45, 2.75) is 0 Å². The van der Waals surface area contributed by atoms with Crippen molar-refractivity contribution in [3.63, 3.8) is 0 Å². The van der Waals surface area contributed by atoms with E-state index in [1.165, 1.54) is 48.5 Å². The van der Waals surface area contributed by atoms with Crippen LogP contribution in [0.25, 0.3) is 21.5 Å². The summed E-state index contributed by atoms with van der Waals surface area (Å²) in [7, 11) is 0. The Morgan fingerprint density at radius 3 is 1.20 bits per heavy atom. The fourth-order valence-electron chi connectivity index (χ4n) is 2.89. The number of carbonyl (C=O) groups is 2. The number of hydrogen-bond acceptors (Lipinski definition) is 6. The molecule has 0 bridgehead atoms. The minimum absolute atomic E-state index is 0.0597. The van der Waals surface area contributed by atoms with Crippen molar-refractivity contribution in [1.82, 2.24) is 0 Å². The first kappa shape index (κ1) is 20.3. The van der Waals surface area contributed by atoms with Crippen molar-refractivity contribution in [3.8, 4) is 23.0 Å². The number of phenolic OH excluding ortho intramolecular Hbond substituents is 2. The summed E-state index contributed by atoms with van der Waals surface area (Å²) in [6, 6.07) is 14.4. The summed E-state index contributed by atoms with van der Waals surface area (Å²) >= 11 is 0. The first-order valence-corrected chi connectivity index (χ1v) is 8.54. The van der Waals surface area contributed by atoms with Gasteiger partial charge >= 0.3 is 11.9 Å². The molecule has 0 aliphatic heterocycles. The lowest BCUT2D eigenvalue weighted by atomic mass is 10.1. The maximum atomic E-state index is 10.7. The summed E-state index contributed by atoms with van der Waals surface area (Å²) < 4.78 is 0. The lowest BCUT2D eigenvalue weighted by molar-refractivity contribution is 0.0682. The van der Waals surface area contributed by atoms with Gasteiger partial charge in [0.2, 0.25) is 0 Å². The fraction of sp³-hybridized carbons (Fsp3) is 0. The van der Waals surface area contributed by atoms with Crippen LogP contribution in [0.1, 0.15) is 20.7 Å². The van der Waals surface area contributed by atoms with Crippen molar-refractivity contribution < 1.29 is 40.2 Å². The molecule has 0 heterocycles. The molecule has 0 saturated heterocycles. The number of rotatable bonds is 2. The van der Waals surface area contributed by atoms with E-state index in [4.69, 9.17) is 10.2 Å². The third-order valence-corrected chi connectivity index (χ3v) is 4.34. The Bertz CT molecular complexity index is 1190. The van der Waals surface area contributed by atoms with Gasteiger partial charge in [-0.05, 0) is 70.1 Å². The zero-order chi connectivity index (χ0) is 22.0. The molecule has 4 aromatic rings. The van der Waals surface area contributed by atoms with Crippen molar-refractivity contribution >= 4 is 33.5 Å². The molecule has 0 atom stereocenters. The van der Waals surface area contributed by atoms with Crippen molar-refractivity contribution in [3.05, 3.63) is 71.8 Å². The second-order valence-electron chi connectivity index (χ2n) is 6.41. The van der Waals surface area contributed by atoms with E-state index in [9.17, 15) is 30.0 Å². The smallest absolute Gasteiger partial charge is 0.339 e. The average Bonchev–Trinajstić information content (AvgIpc) is 2.67. The number of aromatic hydroxyl groups is 4. The Labute approximate surface area is 169 Å². The van der Waals surface area contributed by atoms with Gasteiger partial charge in [-0.1, -0.05) is 12.1 Å². The molecule has 0 aromatic heterocycles. The van der Waals surface area contributed by atoms with Gasteiger partial charge in [0.25, 0.3) is 0 Å². The van der Waals surface area contributed by atoms with Crippen LogP contribution >= 0.6 is 0 Å². The highest BCUT2D eigenvalue weighted by molar-refractivity contribution is 5.98. The summed E-state index contributed by atoms with van der Waals surface area (Å²) in [5.74, 6) is -2.83. The van der Waals surface area contributed by atoms with Gasteiger partial charge in [-0.15, -0.1) is 0 Å². The van der Waals surface area contributed by atoms with Gasteiger partial charge in [0, 0.05) is 0 Å². The van der Waals surface area contributed by atoms with Crippen LogP contribution in [-0.2, 0) is 0 Å². The van der Waals surface area contributed by atoms with Crippen LogP contribution < -0.4 is 0 Å². The van der Waals surface area contributed by atoms with E-state index in [0.29, 0.717) is 21.5 Å². The van der Waals surface area contributed by atoms with Crippen molar-refractivity contribution in [1.29, 1.82) is 0 Å². The standard InChI is InChI=1S/2C11H8O4/c2*12-8-2-1-6-5-10(13)9(11(14)15)4-7(6)3-8/h2*1-5,12-13H,(H,14,15). The van der Waals surface area contributed by atoms with E-state index in [1.807, 2.05) is 0 Å². The van der Waals surface area contributed by atoms with E-state index < -0.39 is 11.9 Å². The predicted molar refractivity (Wildman–Crippen MR) is 108 cm³/mol. The maximum absolute atomic E-state index is 10.7. The SMILES string of the molecule is O=C(O)c1cc2cc(O)ccc2cc1O.O=C(O)c1cc2cc(O)ccc2cc1O. The van der Waals surface area contributed by atoms with Crippen LogP contribution in [0.2, 0.25) is 0 Å². The van der Waals surface area contributed by atoms with E-state index >= 15 is 0 Å². The molecule has 0 spiro atoms. The predicted octanol–water partition coefficient (Wildman–Crippen LogP) is 3.90. The molecule has 0 unspecified atom stereocenters. The number of carboxylic acid groups (broad SMARTS) is 2. The van der Waals surface area contributed by atoms with Gasteiger partial charge in [-0.3, -0.25) is 0 Å². The van der Waals surface area contributed by atoms with Crippen LogP contribution in [0.5, 0.6) is 23.0 Å². The highest BCUT2D eigenvalue weighted by Gasteiger charge is 2.11. The second-order valence-corrected chi connectivity index (χ2v) is 6.41. The van der Waals surface area contributed by atoms with Gasteiger partial charge < -0.3 is 30.6 Å². The van der Waals surface area contributed by atoms with Gasteiger partial charge in [0.15, 0.2) is 0 Å². The first-order chi connectivity index (χ1) is 14.2. The van der Waals surface area contributed by atoms with Crippen LogP contribution in [0.4, 0.5) is 0 Å². The maximum Gasteiger partial charge on any atom is 0.339 e. The molecular weight excluding hydrogens is 392 g/mol. The van der Waals surface area contributed by atoms with Gasteiger partial charge in [-0.2, -0.15) is 0 Å². The third kappa shape index (κ3) is 4.17. The summed E-state index contributed by atoms with van der Waals surface area (Å²) in [4.78, 5) is 21.5. The minimum Gasteiger partial charge on any atom is -0.508 e. The van der Waals surface area contributed by atoms with Crippen LogP contribution in [-0.4, -0.2) is 42.6 Å². The summed E-state index contributed by atoms with van der Waals surface area (Å²) in [6.45, 7) is 0. The quantitative estimate of drug-likeness (QED) is 0.292. The molecule has 0 radical (unpaired) electrons. The van der Waals surface area contributed by atoms with E-state index in [1.54, 1.807) is 12.1 Å². The number of fused-ring (bicyclic) bond motifs is 2. The number of phenols is 4. The van der Waals surface area contributed by atoms with E-state index in [2.05, 4.69) is 0 Å². The molecule has 30 heavy (non-hydrogen) atoms. The molecular formula is C22H16O8. The molecule has 152 valence electrons. The number of aromatic carboxylic acids is 2. The Hall–Kier alpha value is -4.46. The van der Waals surface area contributed by atoms with Crippen molar-refractivity contribution in [2.24, 2.45) is 0 Å². The lowest BCUT2D eigenvalue weighted by Crippen LogP contribution is -1.96. The van der Waals surface area contributed by atoms with Crippen LogP contribution in [0.15, 0.2) is 60.7 Å². The molecule has 0 saturated carbocycles. The van der Waals surface area contributed by atoms with E-state index in [0.717, 1.165) is 0 Å². The summed E-state index contributed by atoms with van der Waals surface area (Å²) in [5, 5.41) is 57.3. The molecule has 0 amide bonds. The molecule has 4 aromatic carbocycles. The number of hydrogen-bond donors (Lipinski definition) is 6. The molecule has 6 N–H and O–H groups in total. The Kier molecular flexibility index (Phi) is 5.33. The monoisotopic (exact) mass is 408 g/mol. The number of carboxylic acids is 2. The summed E-state index contributed by atoms with van der Waals surface area (Å²) in [5.41, 5.74) is -0.346.